The van der Waals surface area contributed by atoms with E-state index in [1.165, 1.54) is 0 Å². The van der Waals surface area contributed by atoms with Gasteiger partial charge in [-0.05, 0) is 37.0 Å². The summed E-state index contributed by atoms with van der Waals surface area (Å²) < 4.78 is 0. The van der Waals surface area contributed by atoms with E-state index in [1.54, 1.807) is 23.0 Å². The Kier molecular flexibility index (Phi) is 5.12. The van der Waals surface area contributed by atoms with Crippen LogP contribution >= 0.6 is 0 Å². The number of piperidine rings is 1. The highest BCUT2D eigenvalue weighted by atomic mass is 16.2. The Balaban J connectivity index is 1.97. The fourth-order valence-corrected chi connectivity index (χ4v) is 3.31. The van der Waals surface area contributed by atoms with E-state index in [-0.39, 0.29) is 11.8 Å². The maximum Gasteiger partial charge on any atom is 0.255 e. The minimum absolute atomic E-state index is 0.0413. The number of likely N-dealkylation sites (tertiary alicyclic amines) is 1. The summed E-state index contributed by atoms with van der Waals surface area (Å²) in [4.78, 5) is 33.4. The zero-order valence-electron chi connectivity index (χ0n) is 14.7. The van der Waals surface area contributed by atoms with Crippen LogP contribution in [0.5, 0.6) is 0 Å². The molecule has 0 aliphatic carbocycles. The van der Waals surface area contributed by atoms with Crippen molar-refractivity contribution in [2.75, 3.05) is 18.5 Å². The van der Waals surface area contributed by atoms with Crippen molar-refractivity contribution in [2.24, 2.45) is 0 Å². The van der Waals surface area contributed by atoms with Crippen molar-refractivity contribution in [1.82, 2.24) is 9.88 Å². The number of rotatable bonds is 4. The number of nitrogens with zero attached hydrogens (tertiary/aromatic N) is 3. The molecule has 1 atom stereocenters. The minimum Gasteiger partial charge on any atom is -0.327 e. The van der Waals surface area contributed by atoms with E-state index in [0.717, 1.165) is 24.0 Å². The SMILES string of the molecule is Cc1cccnc1N(C)C(=O)[C@H](c1ccccc1)N1CCCCC1=O. The van der Waals surface area contributed by atoms with Gasteiger partial charge in [-0.25, -0.2) is 4.98 Å². The lowest BCUT2D eigenvalue weighted by atomic mass is 10.00. The predicted molar refractivity (Wildman–Crippen MR) is 97.1 cm³/mol. The van der Waals surface area contributed by atoms with Crippen molar-refractivity contribution in [2.45, 2.75) is 32.2 Å². The third-order valence-electron chi connectivity index (χ3n) is 4.65. The Morgan fingerprint density at radius 3 is 2.60 bits per heavy atom. The van der Waals surface area contributed by atoms with Gasteiger partial charge >= 0.3 is 0 Å². The van der Waals surface area contributed by atoms with Crippen LogP contribution < -0.4 is 4.90 Å². The molecule has 25 heavy (non-hydrogen) atoms. The van der Waals surface area contributed by atoms with E-state index in [2.05, 4.69) is 4.98 Å². The van der Waals surface area contributed by atoms with Crippen LogP contribution in [0.4, 0.5) is 5.82 Å². The van der Waals surface area contributed by atoms with Crippen LogP contribution in [-0.2, 0) is 9.59 Å². The number of amides is 2. The summed E-state index contributed by atoms with van der Waals surface area (Å²) in [5.41, 5.74) is 1.76. The molecule has 3 rings (SSSR count). The van der Waals surface area contributed by atoms with Crippen LogP contribution in [-0.4, -0.2) is 35.3 Å². The van der Waals surface area contributed by atoms with Crippen molar-refractivity contribution >= 4 is 17.6 Å². The summed E-state index contributed by atoms with van der Waals surface area (Å²) in [7, 11) is 1.72. The molecule has 2 aromatic rings. The van der Waals surface area contributed by atoms with Gasteiger partial charge in [0.05, 0.1) is 0 Å². The van der Waals surface area contributed by atoms with Crippen molar-refractivity contribution in [3.63, 3.8) is 0 Å². The Morgan fingerprint density at radius 1 is 1.16 bits per heavy atom. The molecule has 1 aliphatic rings. The molecule has 2 heterocycles. The number of carbonyl (C=O) groups excluding carboxylic acids is 2. The molecule has 5 nitrogen and oxygen atoms in total. The predicted octanol–water partition coefficient (Wildman–Crippen LogP) is 3.11. The summed E-state index contributed by atoms with van der Waals surface area (Å²) in [5.74, 6) is 0.528. The molecule has 130 valence electrons. The highest BCUT2D eigenvalue weighted by Crippen LogP contribution is 2.29. The molecular weight excluding hydrogens is 314 g/mol. The number of hydrogen-bond acceptors (Lipinski definition) is 3. The van der Waals surface area contributed by atoms with Crippen molar-refractivity contribution < 1.29 is 9.59 Å². The molecule has 0 spiro atoms. The molecule has 1 aromatic carbocycles. The Morgan fingerprint density at radius 2 is 1.92 bits per heavy atom. The highest BCUT2D eigenvalue weighted by Gasteiger charge is 2.35. The molecule has 0 bridgehead atoms. The number of benzene rings is 1. The zero-order valence-corrected chi connectivity index (χ0v) is 14.7. The van der Waals surface area contributed by atoms with E-state index in [0.29, 0.717) is 18.8 Å². The molecule has 1 aromatic heterocycles. The van der Waals surface area contributed by atoms with Gasteiger partial charge in [0.2, 0.25) is 5.91 Å². The maximum atomic E-state index is 13.3. The van der Waals surface area contributed by atoms with E-state index in [1.807, 2.05) is 49.4 Å². The van der Waals surface area contributed by atoms with Gasteiger partial charge in [0.15, 0.2) is 0 Å². The molecule has 1 saturated heterocycles. The summed E-state index contributed by atoms with van der Waals surface area (Å²) in [6, 6.07) is 12.7. The standard InChI is InChI=1S/C20H23N3O2/c1-15-9-8-13-21-19(15)22(2)20(25)18(16-10-4-3-5-11-16)23-14-7-6-12-17(23)24/h3-5,8-11,13,18H,6-7,12,14H2,1-2H3/t18-/m0/s1. The normalized spacial score (nSPS) is 15.8. The van der Waals surface area contributed by atoms with Gasteiger partial charge in [0, 0.05) is 26.2 Å². The lowest BCUT2D eigenvalue weighted by Crippen LogP contribution is -2.46. The van der Waals surface area contributed by atoms with Crippen molar-refractivity contribution in [1.29, 1.82) is 0 Å². The summed E-state index contributed by atoms with van der Waals surface area (Å²) in [6.45, 7) is 2.54. The van der Waals surface area contributed by atoms with Crippen LogP contribution in [0, 0.1) is 6.92 Å². The topological polar surface area (TPSA) is 53.5 Å². The van der Waals surface area contributed by atoms with E-state index < -0.39 is 6.04 Å². The van der Waals surface area contributed by atoms with Gasteiger partial charge in [-0.1, -0.05) is 36.4 Å². The molecular formula is C20H23N3O2. The van der Waals surface area contributed by atoms with Crippen molar-refractivity contribution in [3.8, 4) is 0 Å². The molecule has 0 saturated carbocycles. The van der Waals surface area contributed by atoms with Gasteiger partial charge in [-0.3, -0.25) is 14.5 Å². The third kappa shape index (κ3) is 3.55. The summed E-state index contributed by atoms with van der Waals surface area (Å²) in [5, 5.41) is 0. The first kappa shape index (κ1) is 17.1. The molecule has 0 N–H and O–H groups in total. The summed E-state index contributed by atoms with van der Waals surface area (Å²) in [6.07, 6.45) is 3.99. The zero-order chi connectivity index (χ0) is 17.8. The first-order valence-electron chi connectivity index (χ1n) is 8.63. The quantitative estimate of drug-likeness (QED) is 0.861. The second kappa shape index (κ2) is 7.47. The van der Waals surface area contributed by atoms with E-state index in [9.17, 15) is 9.59 Å². The number of aryl methyl sites for hydroxylation is 1. The first-order valence-corrected chi connectivity index (χ1v) is 8.63. The Labute approximate surface area is 148 Å². The van der Waals surface area contributed by atoms with Gasteiger partial charge in [0.25, 0.3) is 5.91 Å². The van der Waals surface area contributed by atoms with E-state index >= 15 is 0 Å². The molecule has 0 unspecified atom stereocenters. The average Bonchev–Trinajstić information content (AvgIpc) is 2.64. The van der Waals surface area contributed by atoms with Crippen molar-refractivity contribution in [3.05, 3.63) is 59.8 Å². The maximum absolute atomic E-state index is 13.3. The monoisotopic (exact) mass is 337 g/mol. The minimum atomic E-state index is -0.611. The molecule has 1 aliphatic heterocycles. The van der Waals surface area contributed by atoms with Gasteiger partial charge in [-0.15, -0.1) is 0 Å². The van der Waals surface area contributed by atoms with Crippen LogP contribution in [0.25, 0.3) is 0 Å². The molecule has 1 fully saturated rings. The van der Waals surface area contributed by atoms with Crippen LogP contribution in [0.15, 0.2) is 48.7 Å². The summed E-state index contributed by atoms with van der Waals surface area (Å²) >= 11 is 0. The van der Waals surface area contributed by atoms with Crippen LogP contribution in [0.3, 0.4) is 0 Å². The second-order valence-electron chi connectivity index (χ2n) is 6.40. The number of carbonyl (C=O) groups is 2. The van der Waals surface area contributed by atoms with Crippen LogP contribution in [0.1, 0.15) is 36.4 Å². The smallest absolute Gasteiger partial charge is 0.255 e. The van der Waals surface area contributed by atoms with E-state index in [4.69, 9.17) is 0 Å². The number of likely N-dealkylation sites (N-methyl/N-ethyl adjacent to an activating group) is 1. The second-order valence-corrected chi connectivity index (χ2v) is 6.40. The number of anilines is 1. The molecule has 0 radical (unpaired) electrons. The lowest BCUT2D eigenvalue weighted by molar-refractivity contribution is -0.141. The highest BCUT2D eigenvalue weighted by molar-refractivity contribution is 5.99. The number of hydrogen-bond donors (Lipinski definition) is 0. The Bertz CT molecular complexity index is 761. The molecule has 2 amide bonds. The lowest BCUT2D eigenvalue weighted by Gasteiger charge is -2.36. The first-order chi connectivity index (χ1) is 12.1. The largest absolute Gasteiger partial charge is 0.327 e. The average molecular weight is 337 g/mol. The van der Waals surface area contributed by atoms with Gasteiger partial charge in [-0.2, -0.15) is 0 Å². The number of aromatic nitrogens is 1. The van der Waals surface area contributed by atoms with Gasteiger partial charge < -0.3 is 4.90 Å². The Hall–Kier alpha value is -2.69. The number of pyridine rings is 1. The van der Waals surface area contributed by atoms with Crippen LogP contribution in [0.2, 0.25) is 0 Å². The third-order valence-corrected chi connectivity index (χ3v) is 4.65. The molecule has 5 heteroatoms. The fourth-order valence-electron chi connectivity index (χ4n) is 3.31. The van der Waals surface area contributed by atoms with Gasteiger partial charge in [0.1, 0.15) is 11.9 Å². The fraction of sp³-hybridized carbons (Fsp3) is 0.350.